The Labute approximate surface area is 167 Å². The van der Waals surface area contributed by atoms with Gasteiger partial charge < -0.3 is 10.2 Å². The third-order valence-electron chi connectivity index (χ3n) is 5.00. The molecule has 1 amide bonds. The molecule has 0 aliphatic carbocycles. The maximum Gasteiger partial charge on any atom is 0.253 e. The number of hydrogen-bond acceptors (Lipinski definition) is 4. The van der Waals surface area contributed by atoms with Crippen molar-refractivity contribution in [2.75, 3.05) is 18.4 Å². The summed E-state index contributed by atoms with van der Waals surface area (Å²) in [5.74, 6) is -1.73. The average molecular weight is 394 g/mol. The number of aromatic nitrogens is 2. The molecule has 1 saturated heterocycles. The van der Waals surface area contributed by atoms with E-state index in [0.29, 0.717) is 19.0 Å². The SMILES string of the molecule is O=C(c1ccc(F)c(F)c1)N1CCC[C@H](c2ccnc(Nc3ccccc3)n2)C1. The van der Waals surface area contributed by atoms with Crippen molar-refractivity contribution < 1.29 is 13.6 Å². The van der Waals surface area contributed by atoms with Crippen molar-refractivity contribution in [2.24, 2.45) is 0 Å². The minimum atomic E-state index is -1.02. The summed E-state index contributed by atoms with van der Waals surface area (Å²) in [6.07, 6.45) is 3.40. The zero-order valence-electron chi connectivity index (χ0n) is 15.7. The van der Waals surface area contributed by atoms with Gasteiger partial charge >= 0.3 is 0 Å². The molecular formula is C22H20F2N4O. The molecule has 2 aromatic carbocycles. The van der Waals surface area contributed by atoms with Gasteiger partial charge in [0, 0.05) is 36.5 Å². The normalized spacial score (nSPS) is 16.5. The minimum absolute atomic E-state index is 0.0531. The van der Waals surface area contributed by atoms with Crippen LogP contribution in [0.2, 0.25) is 0 Å². The number of amides is 1. The Kier molecular flexibility index (Phi) is 5.46. The second-order valence-electron chi connectivity index (χ2n) is 7.02. The van der Waals surface area contributed by atoms with E-state index < -0.39 is 11.6 Å². The average Bonchev–Trinajstić information content (AvgIpc) is 2.76. The lowest BCUT2D eigenvalue weighted by Crippen LogP contribution is -2.39. The maximum atomic E-state index is 13.5. The van der Waals surface area contributed by atoms with Gasteiger partial charge in [-0.1, -0.05) is 18.2 Å². The van der Waals surface area contributed by atoms with Gasteiger partial charge in [0.15, 0.2) is 11.6 Å². The number of carbonyl (C=O) groups excluding carboxylic acids is 1. The van der Waals surface area contributed by atoms with Crippen molar-refractivity contribution in [3.8, 4) is 0 Å². The number of carbonyl (C=O) groups is 1. The minimum Gasteiger partial charge on any atom is -0.338 e. The van der Waals surface area contributed by atoms with Gasteiger partial charge in [0.1, 0.15) is 0 Å². The molecule has 1 fully saturated rings. The molecule has 1 atom stereocenters. The Morgan fingerprint density at radius 2 is 1.90 bits per heavy atom. The van der Waals surface area contributed by atoms with Crippen molar-refractivity contribution in [1.29, 1.82) is 0 Å². The number of likely N-dealkylation sites (tertiary alicyclic amines) is 1. The molecule has 1 aliphatic heterocycles. The van der Waals surface area contributed by atoms with E-state index in [-0.39, 0.29) is 17.4 Å². The van der Waals surface area contributed by atoms with E-state index >= 15 is 0 Å². The lowest BCUT2D eigenvalue weighted by atomic mass is 9.94. The summed E-state index contributed by atoms with van der Waals surface area (Å²) in [4.78, 5) is 23.3. The fourth-order valence-corrected chi connectivity index (χ4v) is 3.53. The van der Waals surface area contributed by atoms with Gasteiger partial charge in [-0.2, -0.15) is 0 Å². The van der Waals surface area contributed by atoms with Crippen LogP contribution in [0.25, 0.3) is 0 Å². The van der Waals surface area contributed by atoms with Crippen LogP contribution in [0, 0.1) is 11.6 Å². The van der Waals surface area contributed by atoms with Gasteiger partial charge in [0.2, 0.25) is 5.95 Å². The summed E-state index contributed by atoms with van der Waals surface area (Å²) in [7, 11) is 0. The van der Waals surface area contributed by atoms with Crippen LogP contribution >= 0.6 is 0 Å². The molecule has 29 heavy (non-hydrogen) atoms. The molecule has 5 nitrogen and oxygen atoms in total. The van der Waals surface area contributed by atoms with Gasteiger partial charge in [-0.15, -0.1) is 0 Å². The zero-order valence-corrected chi connectivity index (χ0v) is 15.7. The molecule has 148 valence electrons. The number of piperidine rings is 1. The van der Waals surface area contributed by atoms with Crippen molar-refractivity contribution in [1.82, 2.24) is 14.9 Å². The van der Waals surface area contributed by atoms with Crippen LogP contribution in [0.5, 0.6) is 0 Å². The number of para-hydroxylation sites is 1. The highest BCUT2D eigenvalue weighted by Crippen LogP contribution is 2.27. The van der Waals surface area contributed by atoms with E-state index in [4.69, 9.17) is 0 Å². The predicted molar refractivity (Wildman–Crippen MR) is 106 cm³/mol. The van der Waals surface area contributed by atoms with Gasteiger partial charge in [-0.05, 0) is 49.2 Å². The van der Waals surface area contributed by atoms with Crippen molar-refractivity contribution in [3.05, 3.63) is 83.7 Å². The predicted octanol–water partition coefficient (Wildman–Crippen LogP) is 4.52. The van der Waals surface area contributed by atoms with Crippen molar-refractivity contribution in [3.63, 3.8) is 0 Å². The number of nitrogens with one attached hydrogen (secondary N) is 1. The van der Waals surface area contributed by atoms with Crippen LogP contribution in [0.4, 0.5) is 20.4 Å². The first-order valence-electron chi connectivity index (χ1n) is 9.49. The van der Waals surface area contributed by atoms with E-state index in [1.165, 1.54) is 6.07 Å². The Morgan fingerprint density at radius 1 is 1.07 bits per heavy atom. The first kappa shape index (κ1) is 19.0. The van der Waals surface area contributed by atoms with Crippen LogP contribution in [-0.4, -0.2) is 33.9 Å². The first-order valence-corrected chi connectivity index (χ1v) is 9.49. The maximum absolute atomic E-state index is 13.5. The molecule has 0 spiro atoms. The summed E-state index contributed by atoms with van der Waals surface area (Å²) in [6, 6.07) is 14.7. The third-order valence-corrected chi connectivity index (χ3v) is 5.00. The second-order valence-corrected chi connectivity index (χ2v) is 7.02. The van der Waals surface area contributed by atoms with E-state index in [2.05, 4.69) is 15.3 Å². The Balaban J connectivity index is 1.49. The molecule has 0 saturated carbocycles. The standard InChI is InChI=1S/C22H20F2N4O/c23-18-9-8-15(13-19(18)24)21(29)28-12-4-5-16(14-28)20-10-11-25-22(27-20)26-17-6-2-1-3-7-17/h1-3,6-11,13,16H,4-5,12,14H2,(H,25,26,27)/t16-/m0/s1. The fourth-order valence-electron chi connectivity index (χ4n) is 3.53. The molecule has 1 N–H and O–H groups in total. The topological polar surface area (TPSA) is 58.1 Å². The van der Waals surface area contributed by atoms with Gasteiger partial charge in [-0.3, -0.25) is 4.79 Å². The van der Waals surface area contributed by atoms with E-state index in [1.54, 1.807) is 11.1 Å². The molecular weight excluding hydrogens is 374 g/mol. The summed E-state index contributed by atoms with van der Waals surface area (Å²) in [6.45, 7) is 1.05. The van der Waals surface area contributed by atoms with E-state index in [9.17, 15) is 13.6 Å². The number of anilines is 2. The number of hydrogen-bond donors (Lipinski definition) is 1. The van der Waals surface area contributed by atoms with Gasteiger partial charge in [-0.25, -0.2) is 18.7 Å². The van der Waals surface area contributed by atoms with Crippen LogP contribution in [0.15, 0.2) is 60.8 Å². The Hall–Kier alpha value is -3.35. The highest BCUT2D eigenvalue weighted by molar-refractivity contribution is 5.94. The lowest BCUT2D eigenvalue weighted by molar-refractivity contribution is 0.0705. The molecule has 0 bridgehead atoms. The van der Waals surface area contributed by atoms with Crippen LogP contribution in [0.1, 0.15) is 34.8 Å². The summed E-state index contributed by atoms with van der Waals surface area (Å²) in [5, 5.41) is 3.17. The highest BCUT2D eigenvalue weighted by atomic mass is 19.2. The molecule has 1 aromatic heterocycles. The quantitative estimate of drug-likeness (QED) is 0.707. The first-order chi connectivity index (χ1) is 14.1. The van der Waals surface area contributed by atoms with Crippen molar-refractivity contribution in [2.45, 2.75) is 18.8 Å². The lowest BCUT2D eigenvalue weighted by Gasteiger charge is -2.32. The molecule has 3 aromatic rings. The second kappa shape index (κ2) is 8.34. The van der Waals surface area contributed by atoms with Gasteiger partial charge in [0.25, 0.3) is 5.91 Å². The zero-order chi connectivity index (χ0) is 20.2. The Bertz CT molecular complexity index is 1010. The fraction of sp³-hybridized carbons (Fsp3) is 0.227. The summed E-state index contributed by atoms with van der Waals surface area (Å²) >= 11 is 0. The molecule has 2 heterocycles. The number of benzene rings is 2. The highest BCUT2D eigenvalue weighted by Gasteiger charge is 2.27. The summed E-state index contributed by atoms with van der Waals surface area (Å²) in [5.41, 5.74) is 1.89. The summed E-state index contributed by atoms with van der Waals surface area (Å²) < 4.78 is 26.7. The number of rotatable bonds is 4. The van der Waals surface area contributed by atoms with Crippen molar-refractivity contribution >= 4 is 17.5 Å². The van der Waals surface area contributed by atoms with Crippen LogP contribution < -0.4 is 5.32 Å². The number of halogens is 2. The van der Waals surface area contributed by atoms with Crippen LogP contribution in [0.3, 0.4) is 0 Å². The molecule has 7 heteroatoms. The third kappa shape index (κ3) is 4.39. The number of nitrogens with zero attached hydrogens (tertiary/aromatic N) is 3. The largest absolute Gasteiger partial charge is 0.338 e. The van der Waals surface area contributed by atoms with E-state index in [1.807, 2.05) is 36.4 Å². The Morgan fingerprint density at radius 3 is 2.69 bits per heavy atom. The molecule has 4 rings (SSSR count). The molecule has 0 radical (unpaired) electrons. The smallest absolute Gasteiger partial charge is 0.253 e. The molecule has 1 aliphatic rings. The van der Waals surface area contributed by atoms with Crippen LogP contribution in [-0.2, 0) is 0 Å². The van der Waals surface area contributed by atoms with Gasteiger partial charge in [0.05, 0.1) is 5.69 Å². The molecule has 0 unspecified atom stereocenters. The van der Waals surface area contributed by atoms with E-state index in [0.717, 1.165) is 36.4 Å². The monoisotopic (exact) mass is 394 g/mol.